The molecule has 0 atom stereocenters. The Morgan fingerprint density at radius 3 is 2.91 bits per heavy atom. The number of nitrogens with one attached hydrogen (secondary N) is 1. The van der Waals surface area contributed by atoms with Crippen LogP contribution in [0, 0.1) is 0 Å². The zero-order chi connectivity index (χ0) is 16.2. The highest BCUT2D eigenvalue weighted by Gasteiger charge is 2.14. The molecule has 3 rings (SSSR count). The van der Waals surface area contributed by atoms with E-state index in [0.717, 1.165) is 0 Å². The minimum Gasteiger partial charge on any atom is -0.496 e. The van der Waals surface area contributed by atoms with Gasteiger partial charge in [0.2, 0.25) is 5.76 Å². The van der Waals surface area contributed by atoms with Crippen LogP contribution in [0.4, 0.5) is 0 Å². The first-order chi connectivity index (χ1) is 11.2. The van der Waals surface area contributed by atoms with Crippen LogP contribution in [0.15, 0.2) is 51.6 Å². The Morgan fingerprint density at radius 2 is 2.17 bits per heavy atom. The maximum atomic E-state index is 12.3. The molecular formula is C16H13ClN2O4. The van der Waals surface area contributed by atoms with E-state index < -0.39 is 0 Å². The standard InChI is InChI=1S/C16H13ClN2O4/c1-21-13-5-4-10(17)7-12(13)16(20)18-9-11-8-15(23-19-11)14-3-2-6-22-14/h2-8H,9H2,1H3,(H,18,20). The molecule has 0 saturated carbocycles. The van der Waals surface area contributed by atoms with E-state index in [-0.39, 0.29) is 12.5 Å². The Balaban J connectivity index is 1.69. The fourth-order valence-electron chi connectivity index (χ4n) is 2.05. The van der Waals surface area contributed by atoms with E-state index in [2.05, 4.69) is 10.5 Å². The van der Waals surface area contributed by atoms with Gasteiger partial charge in [-0.1, -0.05) is 16.8 Å². The van der Waals surface area contributed by atoms with E-state index in [0.29, 0.717) is 33.6 Å². The Hall–Kier alpha value is -2.73. The number of ether oxygens (including phenoxy) is 1. The van der Waals surface area contributed by atoms with Crippen LogP contribution in [0.5, 0.6) is 5.75 Å². The summed E-state index contributed by atoms with van der Waals surface area (Å²) in [5, 5.41) is 7.09. The van der Waals surface area contributed by atoms with Crippen molar-refractivity contribution in [1.29, 1.82) is 0 Å². The summed E-state index contributed by atoms with van der Waals surface area (Å²) in [5.41, 5.74) is 0.931. The lowest BCUT2D eigenvalue weighted by Crippen LogP contribution is -2.23. The number of halogens is 1. The maximum Gasteiger partial charge on any atom is 0.255 e. The summed E-state index contributed by atoms with van der Waals surface area (Å²) < 4.78 is 15.5. The first-order valence-corrected chi connectivity index (χ1v) is 7.16. The van der Waals surface area contributed by atoms with Crippen LogP contribution in [0.1, 0.15) is 16.1 Å². The van der Waals surface area contributed by atoms with Gasteiger partial charge in [-0.05, 0) is 30.3 Å². The van der Waals surface area contributed by atoms with Crippen molar-refractivity contribution >= 4 is 17.5 Å². The van der Waals surface area contributed by atoms with Gasteiger partial charge >= 0.3 is 0 Å². The minimum absolute atomic E-state index is 0.207. The van der Waals surface area contributed by atoms with Crippen molar-refractivity contribution in [2.45, 2.75) is 6.54 Å². The third-order valence-electron chi connectivity index (χ3n) is 3.16. The molecule has 0 saturated heterocycles. The van der Waals surface area contributed by atoms with E-state index in [1.165, 1.54) is 7.11 Å². The van der Waals surface area contributed by atoms with Crippen LogP contribution >= 0.6 is 11.6 Å². The largest absolute Gasteiger partial charge is 0.496 e. The van der Waals surface area contributed by atoms with E-state index in [4.69, 9.17) is 25.3 Å². The van der Waals surface area contributed by atoms with Crippen molar-refractivity contribution in [3.8, 4) is 17.3 Å². The van der Waals surface area contributed by atoms with Crippen molar-refractivity contribution in [3.63, 3.8) is 0 Å². The molecule has 0 radical (unpaired) electrons. The number of benzene rings is 1. The molecule has 0 fully saturated rings. The number of hydrogen-bond donors (Lipinski definition) is 1. The summed E-state index contributed by atoms with van der Waals surface area (Å²) >= 11 is 5.92. The van der Waals surface area contributed by atoms with E-state index in [1.54, 1.807) is 42.7 Å². The monoisotopic (exact) mass is 332 g/mol. The van der Waals surface area contributed by atoms with E-state index in [1.807, 2.05) is 0 Å². The van der Waals surface area contributed by atoms with E-state index in [9.17, 15) is 4.79 Å². The van der Waals surface area contributed by atoms with Gasteiger partial charge in [0, 0.05) is 11.1 Å². The highest BCUT2D eigenvalue weighted by Crippen LogP contribution is 2.23. The molecule has 2 heterocycles. The molecule has 0 unspecified atom stereocenters. The fraction of sp³-hybridized carbons (Fsp3) is 0.125. The quantitative estimate of drug-likeness (QED) is 0.773. The van der Waals surface area contributed by atoms with Gasteiger partial charge in [0.15, 0.2) is 5.76 Å². The lowest BCUT2D eigenvalue weighted by Gasteiger charge is -2.08. The summed E-state index contributed by atoms with van der Waals surface area (Å²) in [6.45, 7) is 0.207. The second kappa shape index (κ2) is 6.58. The lowest BCUT2D eigenvalue weighted by molar-refractivity contribution is 0.0947. The predicted octanol–water partition coefficient (Wildman–Crippen LogP) is 3.53. The summed E-state index contributed by atoms with van der Waals surface area (Å²) in [7, 11) is 1.49. The topological polar surface area (TPSA) is 77.5 Å². The molecule has 7 heteroatoms. The highest BCUT2D eigenvalue weighted by atomic mass is 35.5. The second-order valence-electron chi connectivity index (χ2n) is 4.69. The molecule has 0 aliphatic rings. The Labute approximate surface area is 137 Å². The SMILES string of the molecule is COc1ccc(Cl)cc1C(=O)NCc1cc(-c2ccco2)on1. The average Bonchev–Trinajstić information content (AvgIpc) is 3.23. The molecule has 23 heavy (non-hydrogen) atoms. The summed E-state index contributed by atoms with van der Waals surface area (Å²) in [6, 6.07) is 10.1. The Bertz CT molecular complexity index is 811. The van der Waals surface area contributed by atoms with Crippen LogP contribution in [0.3, 0.4) is 0 Å². The van der Waals surface area contributed by atoms with Crippen LogP contribution < -0.4 is 10.1 Å². The molecule has 2 aromatic heterocycles. The molecule has 0 spiro atoms. The van der Waals surface area contributed by atoms with E-state index >= 15 is 0 Å². The van der Waals surface area contributed by atoms with Gasteiger partial charge in [-0.25, -0.2) is 0 Å². The second-order valence-corrected chi connectivity index (χ2v) is 5.12. The first kappa shape index (κ1) is 15.2. The highest BCUT2D eigenvalue weighted by molar-refractivity contribution is 6.31. The molecule has 1 amide bonds. The number of nitrogens with zero attached hydrogens (tertiary/aromatic N) is 1. The van der Waals surface area contributed by atoms with Crippen molar-refractivity contribution < 1.29 is 18.5 Å². The van der Waals surface area contributed by atoms with Crippen molar-refractivity contribution in [1.82, 2.24) is 10.5 Å². The average molecular weight is 333 g/mol. The molecule has 0 aliphatic carbocycles. The van der Waals surface area contributed by atoms with Gasteiger partial charge in [-0.15, -0.1) is 0 Å². The molecule has 0 bridgehead atoms. The minimum atomic E-state index is -0.313. The third kappa shape index (κ3) is 3.37. The van der Waals surface area contributed by atoms with Crippen LogP contribution in [-0.4, -0.2) is 18.2 Å². The smallest absolute Gasteiger partial charge is 0.255 e. The van der Waals surface area contributed by atoms with Gasteiger partial charge < -0.3 is 19.0 Å². The number of furan rings is 1. The third-order valence-corrected chi connectivity index (χ3v) is 3.39. The number of aromatic nitrogens is 1. The van der Waals surface area contributed by atoms with Crippen molar-refractivity contribution in [2.24, 2.45) is 0 Å². The normalized spacial score (nSPS) is 10.5. The van der Waals surface area contributed by atoms with Gasteiger partial charge in [0.25, 0.3) is 5.91 Å². The molecule has 3 aromatic rings. The molecule has 1 N–H and O–H groups in total. The fourth-order valence-corrected chi connectivity index (χ4v) is 2.23. The summed E-state index contributed by atoms with van der Waals surface area (Å²) in [4.78, 5) is 12.3. The van der Waals surface area contributed by atoms with Gasteiger partial charge in [0.1, 0.15) is 11.4 Å². The molecule has 0 aliphatic heterocycles. The number of carbonyl (C=O) groups is 1. The first-order valence-electron chi connectivity index (χ1n) is 6.78. The zero-order valence-electron chi connectivity index (χ0n) is 12.2. The number of amides is 1. The summed E-state index contributed by atoms with van der Waals surface area (Å²) in [6.07, 6.45) is 1.55. The maximum absolute atomic E-state index is 12.3. The Morgan fingerprint density at radius 1 is 1.30 bits per heavy atom. The molecule has 6 nitrogen and oxygen atoms in total. The van der Waals surface area contributed by atoms with Gasteiger partial charge in [0.05, 0.1) is 25.5 Å². The van der Waals surface area contributed by atoms with Gasteiger partial charge in [-0.2, -0.15) is 0 Å². The molecular weight excluding hydrogens is 320 g/mol. The van der Waals surface area contributed by atoms with Crippen molar-refractivity contribution in [3.05, 3.63) is 58.9 Å². The van der Waals surface area contributed by atoms with Crippen LogP contribution in [0.25, 0.3) is 11.5 Å². The summed E-state index contributed by atoms with van der Waals surface area (Å²) in [5.74, 6) is 1.21. The Kier molecular flexibility index (Phi) is 4.34. The van der Waals surface area contributed by atoms with Gasteiger partial charge in [-0.3, -0.25) is 4.79 Å². The lowest BCUT2D eigenvalue weighted by atomic mass is 10.2. The number of rotatable bonds is 5. The number of carbonyl (C=O) groups excluding carboxylic acids is 1. The van der Waals surface area contributed by atoms with Crippen LogP contribution in [0.2, 0.25) is 5.02 Å². The van der Waals surface area contributed by atoms with Crippen LogP contribution in [-0.2, 0) is 6.54 Å². The molecule has 1 aromatic carbocycles. The predicted molar refractivity (Wildman–Crippen MR) is 83.4 cm³/mol. The van der Waals surface area contributed by atoms with Crippen molar-refractivity contribution in [2.75, 3.05) is 7.11 Å². The number of hydrogen-bond acceptors (Lipinski definition) is 5. The molecule has 118 valence electrons. The number of methoxy groups -OCH3 is 1. The zero-order valence-corrected chi connectivity index (χ0v) is 13.0.